The van der Waals surface area contributed by atoms with Gasteiger partial charge < -0.3 is 4.74 Å². The SMILES string of the molecule is CC1(c2ccccc2)c2ccccc2Oc2ccc(-c3cccc4c3-c3ccccc3C43c4ccccc4-c4cc5ccccc5cc43)cc21. The molecule has 2 aliphatic carbocycles. The van der Waals surface area contributed by atoms with Gasteiger partial charge in [0, 0.05) is 16.5 Å². The van der Waals surface area contributed by atoms with E-state index in [1.54, 1.807) is 0 Å². The molecule has 1 spiro atoms. The standard InChI is InChI=1S/C49H32O/c1-48(34-16-3-2-4-17-34)41-23-11-12-25-45(41)50-46-27-26-33(30-44(46)48)35-20-13-24-42-47(35)37-19-8-10-22-40(37)49(42)39-21-9-7-18-36(39)38-28-31-14-5-6-15-32(31)29-43(38)49/h2-30H,1H3. The molecule has 0 saturated heterocycles. The summed E-state index contributed by atoms with van der Waals surface area (Å²) in [5, 5.41) is 2.55. The zero-order valence-electron chi connectivity index (χ0n) is 27.7. The Morgan fingerprint density at radius 2 is 0.980 bits per heavy atom. The molecule has 2 atom stereocenters. The molecule has 0 saturated carbocycles. The van der Waals surface area contributed by atoms with Crippen LogP contribution in [0.25, 0.3) is 44.2 Å². The maximum Gasteiger partial charge on any atom is 0.131 e. The fourth-order valence-corrected chi connectivity index (χ4v) is 9.60. The quantitative estimate of drug-likeness (QED) is 0.183. The largest absolute Gasteiger partial charge is 0.457 e. The second kappa shape index (κ2) is 9.94. The van der Waals surface area contributed by atoms with Gasteiger partial charge in [0.1, 0.15) is 11.5 Å². The fraction of sp³-hybridized carbons (Fsp3) is 0.0612. The number of hydrogen-bond acceptors (Lipinski definition) is 1. The summed E-state index contributed by atoms with van der Waals surface area (Å²) in [6, 6.07) is 65.0. The lowest BCUT2D eigenvalue weighted by atomic mass is 9.68. The highest BCUT2D eigenvalue weighted by Crippen LogP contribution is 2.64. The highest BCUT2D eigenvalue weighted by atomic mass is 16.5. The number of ether oxygens (including phenoxy) is 1. The highest BCUT2D eigenvalue weighted by Gasteiger charge is 2.52. The summed E-state index contributed by atoms with van der Waals surface area (Å²) in [7, 11) is 0. The Bertz CT molecular complexity index is 2700. The maximum atomic E-state index is 6.62. The van der Waals surface area contributed by atoms with Crippen LogP contribution in [-0.2, 0) is 10.8 Å². The van der Waals surface area contributed by atoms with Crippen LogP contribution in [0.5, 0.6) is 11.5 Å². The van der Waals surface area contributed by atoms with Crippen molar-refractivity contribution >= 4 is 10.8 Å². The van der Waals surface area contributed by atoms with Gasteiger partial charge in [-0.3, -0.25) is 0 Å². The molecule has 234 valence electrons. The maximum absolute atomic E-state index is 6.62. The van der Waals surface area contributed by atoms with E-state index < -0.39 is 5.41 Å². The Hall–Kier alpha value is -6.18. The average Bonchev–Trinajstić information content (AvgIpc) is 3.64. The van der Waals surface area contributed by atoms with Gasteiger partial charge in [0.2, 0.25) is 0 Å². The van der Waals surface area contributed by atoms with E-state index in [2.05, 4.69) is 183 Å². The molecular weight excluding hydrogens is 605 g/mol. The zero-order chi connectivity index (χ0) is 33.0. The molecular formula is C49H32O. The molecule has 2 unspecified atom stereocenters. The van der Waals surface area contributed by atoms with Gasteiger partial charge in [-0.25, -0.2) is 0 Å². The van der Waals surface area contributed by atoms with Gasteiger partial charge in [-0.2, -0.15) is 0 Å². The molecule has 1 nitrogen and oxygen atoms in total. The van der Waals surface area contributed by atoms with Crippen LogP contribution in [0.2, 0.25) is 0 Å². The number of rotatable bonds is 2. The van der Waals surface area contributed by atoms with Crippen LogP contribution in [0.1, 0.15) is 45.9 Å². The van der Waals surface area contributed by atoms with Crippen molar-refractivity contribution in [2.24, 2.45) is 0 Å². The van der Waals surface area contributed by atoms with E-state index in [1.165, 1.54) is 83.1 Å². The predicted octanol–water partition coefficient (Wildman–Crippen LogP) is 12.3. The average molecular weight is 637 g/mol. The van der Waals surface area contributed by atoms with Gasteiger partial charge in [0.25, 0.3) is 0 Å². The summed E-state index contributed by atoms with van der Waals surface area (Å²) in [5.74, 6) is 1.83. The van der Waals surface area contributed by atoms with Gasteiger partial charge in [-0.15, -0.1) is 0 Å². The summed E-state index contributed by atoms with van der Waals surface area (Å²) in [4.78, 5) is 0. The third-order valence-corrected chi connectivity index (χ3v) is 11.8. The molecule has 11 rings (SSSR count). The molecule has 1 aliphatic heterocycles. The summed E-state index contributed by atoms with van der Waals surface area (Å²) in [6.45, 7) is 2.35. The van der Waals surface area contributed by atoms with Crippen molar-refractivity contribution < 1.29 is 4.74 Å². The van der Waals surface area contributed by atoms with E-state index in [0.717, 1.165) is 11.5 Å². The van der Waals surface area contributed by atoms with Crippen LogP contribution >= 0.6 is 0 Å². The van der Waals surface area contributed by atoms with Crippen LogP contribution in [0, 0.1) is 0 Å². The van der Waals surface area contributed by atoms with Gasteiger partial charge in [-0.1, -0.05) is 146 Å². The lowest BCUT2D eigenvalue weighted by Gasteiger charge is -2.38. The van der Waals surface area contributed by atoms with E-state index in [-0.39, 0.29) is 5.41 Å². The molecule has 8 aromatic rings. The van der Waals surface area contributed by atoms with E-state index in [1.807, 2.05) is 0 Å². The van der Waals surface area contributed by atoms with Crippen molar-refractivity contribution in [1.82, 2.24) is 0 Å². The Labute approximate surface area is 292 Å². The lowest BCUT2D eigenvalue weighted by Crippen LogP contribution is -2.29. The Balaban J connectivity index is 1.20. The van der Waals surface area contributed by atoms with Crippen molar-refractivity contribution in [2.45, 2.75) is 17.8 Å². The number of benzene rings is 8. The summed E-state index contributed by atoms with van der Waals surface area (Å²) in [5.41, 5.74) is 16.0. The zero-order valence-corrected chi connectivity index (χ0v) is 27.7. The van der Waals surface area contributed by atoms with Crippen LogP contribution in [0.4, 0.5) is 0 Å². The van der Waals surface area contributed by atoms with Crippen molar-refractivity contribution in [3.05, 3.63) is 215 Å². The van der Waals surface area contributed by atoms with E-state index in [4.69, 9.17) is 4.74 Å². The smallest absolute Gasteiger partial charge is 0.131 e. The molecule has 0 N–H and O–H groups in total. The first-order valence-electron chi connectivity index (χ1n) is 17.5. The normalized spacial score (nSPS) is 18.8. The fourth-order valence-electron chi connectivity index (χ4n) is 9.60. The molecule has 8 aromatic carbocycles. The molecule has 0 amide bonds. The monoisotopic (exact) mass is 636 g/mol. The van der Waals surface area contributed by atoms with Gasteiger partial charge in [-0.05, 0) is 109 Å². The number of para-hydroxylation sites is 1. The topological polar surface area (TPSA) is 9.23 Å². The highest BCUT2D eigenvalue weighted by molar-refractivity contribution is 6.02. The first-order valence-corrected chi connectivity index (χ1v) is 17.5. The third-order valence-electron chi connectivity index (χ3n) is 11.8. The molecule has 0 fully saturated rings. The van der Waals surface area contributed by atoms with E-state index >= 15 is 0 Å². The van der Waals surface area contributed by atoms with Crippen molar-refractivity contribution in [3.63, 3.8) is 0 Å². The summed E-state index contributed by atoms with van der Waals surface area (Å²) >= 11 is 0. The number of hydrogen-bond donors (Lipinski definition) is 0. The van der Waals surface area contributed by atoms with Crippen LogP contribution in [0.15, 0.2) is 176 Å². The first-order chi connectivity index (χ1) is 24.7. The van der Waals surface area contributed by atoms with E-state index in [0.29, 0.717) is 0 Å². The minimum absolute atomic E-state index is 0.386. The number of fused-ring (bicyclic) bond motifs is 13. The van der Waals surface area contributed by atoms with E-state index in [9.17, 15) is 0 Å². The summed E-state index contributed by atoms with van der Waals surface area (Å²) in [6.07, 6.45) is 0. The molecule has 0 bridgehead atoms. The molecule has 1 heteroatoms. The Morgan fingerprint density at radius 3 is 1.80 bits per heavy atom. The Morgan fingerprint density at radius 1 is 0.380 bits per heavy atom. The minimum Gasteiger partial charge on any atom is -0.457 e. The molecule has 1 heterocycles. The van der Waals surface area contributed by atoms with Gasteiger partial charge in [0.05, 0.1) is 5.41 Å². The first kappa shape index (κ1) is 27.7. The second-order valence-corrected chi connectivity index (χ2v) is 14.1. The van der Waals surface area contributed by atoms with Gasteiger partial charge in [0.15, 0.2) is 0 Å². The van der Waals surface area contributed by atoms with Crippen molar-refractivity contribution in [3.8, 4) is 44.9 Å². The van der Waals surface area contributed by atoms with Crippen LogP contribution < -0.4 is 4.74 Å². The second-order valence-electron chi connectivity index (χ2n) is 14.1. The molecule has 0 aromatic heterocycles. The van der Waals surface area contributed by atoms with Crippen molar-refractivity contribution in [1.29, 1.82) is 0 Å². The predicted molar refractivity (Wildman–Crippen MR) is 204 cm³/mol. The molecule has 50 heavy (non-hydrogen) atoms. The van der Waals surface area contributed by atoms with Gasteiger partial charge >= 0.3 is 0 Å². The molecule has 0 radical (unpaired) electrons. The summed E-state index contributed by atoms with van der Waals surface area (Å²) < 4.78 is 6.62. The molecule has 3 aliphatic rings. The third kappa shape index (κ3) is 3.42. The lowest BCUT2D eigenvalue weighted by molar-refractivity contribution is 0.427. The minimum atomic E-state index is -0.410. The van der Waals surface area contributed by atoms with Crippen LogP contribution in [-0.4, -0.2) is 0 Å². The van der Waals surface area contributed by atoms with Crippen LogP contribution in [0.3, 0.4) is 0 Å². The Kier molecular flexibility index (Phi) is 5.51. The van der Waals surface area contributed by atoms with Crippen molar-refractivity contribution in [2.75, 3.05) is 0 Å².